The molecule has 2 aromatic carbocycles. The number of nitrogens with zero attached hydrogens (tertiary/aromatic N) is 1. The molecule has 126 valence electrons. The Balaban J connectivity index is 1.77. The topological polar surface area (TPSA) is 54.0 Å². The Hall–Kier alpha value is -2.56. The zero-order valence-corrected chi connectivity index (χ0v) is 14.9. The van der Waals surface area contributed by atoms with Gasteiger partial charge in [0.2, 0.25) is 0 Å². The fourth-order valence-corrected chi connectivity index (χ4v) is 2.88. The monoisotopic (exact) mass is 371 g/mol. The molecular weight excluding hydrogens is 357 g/mol. The molecule has 2 N–H and O–H groups in total. The van der Waals surface area contributed by atoms with Crippen LogP contribution in [-0.4, -0.2) is 10.9 Å². The predicted molar refractivity (Wildman–Crippen MR) is 103 cm³/mol. The molecule has 0 aliphatic heterocycles. The molecule has 3 aromatic rings. The van der Waals surface area contributed by atoms with Crippen LogP contribution in [0.3, 0.4) is 0 Å². The first-order valence-electron chi connectivity index (χ1n) is 7.56. The van der Waals surface area contributed by atoms with Crippen molar-refractivity contribution in [2.45, 2.75) is 6.92 Å². The van der Waals surface area contributed by atoms with Gasteiger partial charge < -0.3 is 10.6 Å². The molecule has 3 rings (SSSR count). The third-order valence-corrected chi connectivity index (χ3v) is 3.86. The number of nitrogens with one attached hydrogen (secondary N) is 2. The molecule has 0 radical (unpaired) electrons. The fraction of sp³-hybridized carbons (Fsp3) is 0.0526. The number of pyridine rings is 1. The third-order valence-electron chi connectivity index (χ3n) is 3.43. The first kappa shape index (κ1) is 17.3. The highest BCUT2D eigenvalue weighted by atomic mass is 35.5. The summed E-state index contributed by atoms with van der Waals surface area (Å²) < 4.78 is 0. The highest BCUT2D eigenvalue weighted by Gasteiger charge is 2.09. The molecule has 0 aliphatic rings. The molecule has 0 unspecified atom stereocenters. The normalized spacial score (nSPS) is 10.4. The molecule has 0 saturated heterocycles. The van der Waals surface area contributed by atoms with Crippen molar-refractivity contribution in [3.8, 4) is 0 Å². The van der Waals surface area contributed by atoms with Gasteiger partial charge in [0.25, 0.3) is 5.91 Å². The molecule has 0 bridgehead atoms. The lowest BCUT2D eigenvalue weighted by atomic mass is 10.2. The van der Waals surface area contributed by atoms with Crippen LogP contribution < -0.4 is 10.6 Å². The summed E-state index contributed by atoms with van der Waals surface area (Å²) in [5, 5.41) is 6.91. The standard InChI is InChI=1S/C19H15Cl2N3O/c1-12-3-2-4-16(5-12)23-18-6-13(10-22-11-18)19(25)24-17-8-14(20)7-15(21)9-17/h2-11,23H,1H3,(H,24,25). The zero-order chi connectivity index (χ0) is 17.8. The molecule has 25 heavy (non-hydrogen) atoms. The summed E-state index contributed by atoms with van der Waals surface area (Å²) in [7, 11) is 0. The van der Waals surface area contributed by atoms with Gasteiger partial charge in [0.05, 0.1) is 17.4 Å². The maximum atomic E-state index is 12.4. The lowest BCUT2D eigenvalue weighted by Crippen LogP contribution is -2.12. The third kappa shape index (κ3) is 4.72. The first-order chi connectivity index (χ1) is 12.0. The van der Waals surface area contributed by atoms with Gasteiger partial charge in [-0.25, -0.2) is 0 Å². The van der Waals surface area contributed by atoms with Crippen LogP contribution in [0.2, 0.25) is 10.0 Å². The minimum atomic E-state index is -0.293. The van der Waals surface area contributed by atoms with Crippen molar-refractivity contribution in [2.24, 2.45) is 0 Å². The summed E-state index contributed by atoms with van der Waals surface area (Å²) in [6.45, 7) is 2.02. The Morgan fingerprint density at radius 2 is 1.68 bits per heavy atom. The SMILES string of the molecule is Cc1cccc(Nc2cncc(C(=O)Nc3cc(Cl)cc(Cl)c3)c2)c1. The van der Waals surface area contributed by atoms with Crippen LogP contribution in [0, 0.1) is 6.92 Å². The highest BCUT2D eigenvalue weighted by Crippen LogP contribution is 2.23. The van der Waals surface area contributed by atoms with E-state index in [-0.39, 0.29) is 5.91 Å². The van der Waals surface area contributed by atoms with Crippen molar-refractivity contribution in [2.75, 3.05) is 10.6 Å². The van der Waals surface area contributed by atoms with Crippen molar-refractivity contribution in [3.63, 3.8) is 0 Å². The van der Waals surface area contributed by atoms with Gasteiger partial charge in [-0.1, -0.05) is 35.3 Å². The molecule has 4 nitrogen and oxygen atoms in total. The number of rotatable bonds is 4. The number of halogens is 2. The average Bonchev–Trinajstić information content (AvgIpc) is 2.54. The van der Waals surface area contributed by atoms with Crippen LogP contribution in [0.4, 0.5) is 17.1 Å². The lowest BCUT2D eigenvalue weighted by Gasteiger charge is -2.09. The van der Waals surface area contributed by atoms with Crippen molar-refractivity contribution < 1.29 is 4.79 Å². The number of hydrogen-bond acceptors (Lipinski definition) is 3. The predicted octanol–water partition coefficient (Wildman–Crippen LogP) is 5.69. The molecule has 1 amide bonds. The second-order valence-corrected chi connectivity index (χ2v) is 6.44. The number of carbonyl (C=O) groups excluding carboxylic acids is 1. The van der Waals surface area contributed by atoms with Gasteiger partial charge in [-0.05, 0) is 48.9 Å². The van der Waals surface area contributed by atoms with Crippen LogP contribution in [0.1, 0.15) is 15.9 Å². The quantitative estimate of drug-likeness (QED) is 0.618. The van der Waals surface area contributed by atoms with E-state index in [1.54, 1.807) is 30.5 Å². The Labute approximate surface area is 155 Å². The van der Waals surface area contributed by atoms with E-state index in [1.807, 2.05) is 31.2 Å². The van der Waals surface area contributed by atoms with Crippen molar-refractivity contribution >= 4 is 46.2 Å². The Morgan fingerprint density at radius 3 is 2.40 bits per heavy atom. The Morgan fingerprint density at radius 1 is 0.920 bits per heavy atom. The van der Waals surface area contributed by atoms with Crippen LogP contribution in [0.5, 0.6) is 0 Å². The Kier molecular flexibility index (Phi) is 5.22. The fourth-order valence-electron chi connectivity index (χ4n) is 2.35. The minimum Gasteiger partial charge on any atom is -0.354 e. The van der Waals surface area contributed by atoms with E-state index in [4.69, 9.17) is 23.2 Å². The van der Waals surface area contributed by atoms with Crippen molar-refractivity contribution in [1.29, 1.82) is 0 Å². The van der Waals surface area contributed by atoms with Gasteiger partial charge in [-0.3, -0.25) is 9.78 Å². The highest BCUT2D eigenvalue weighted by molar-refractivity contribution is 6.35. The van der Waals surface area contributed by atoms with E-state index in [2.05, 4.69) is 15.6 Å². The zero-order valence-electron chi connectivity index (χ0n) is 13.4. The molecule has 0 atom stereocenters. The van der Waals surface area contributed by atoms with Gasteiger partial charge in [-0.2, -0.15) is 0 Å². The smallest absolute Gasteiger partial charge is 0.257 e. The van der Waals surface area contributed by atoms with Gasteiger partial charge in [0.1, 0.15) is 0 Å². The molecule has 0 saturated carbocycles. The summed E-state index contributed by atoms with van der Waals surface area (Å²) >= 11 is 11.9. The van der Waals surface area contributed by atoms with Gasteiger partial charge in [0, 0.05) is 27.6 Å². The number of carbonyl (C=O) groups is 1. The number of aryl methyl sites for hydroxylation is 1. The van der Waals surface area contributed by atoms with Gasteiger partial charge >= 0.3 is 0 Å². The van der Waals surface area contributed by atoms with E-state index in [0.717, 1.165) is 16.9 Å². The van der Waals surface area contributed by atoms with Crippen LogP contribution in [0.15, 0.2) is 60.9 Å². The minimum absolute atomic E-state index is 0.293. The van der Waals surface area contributed by atoms with E-state index in [0.29, 0.717) is 21.3 Å². The number of amides is 1. The molecule has 1 heterocycles. The molecule has 0 aliphatic carbocycles. The lowest BCUT2D eigenvalue weighted by molar-refractivity contribution is 0.102. The van der Waals surface area contributed by atoms with Gasteiger partial charge in [-0.15, -0.1) is 0 Å². The average molecular weight is 372 g/mol. The van der Waals surface area contributed by atoms with E-state index in [9.17, 15) is 4.79 Å². The summed E-state index contributed by atoms with van der Waals surface area (Å²) in [5.74, 6) is -0.293. The number of anilines is 3. The number of benzene rings is 2. The first-order valence-corrected chi connectivity index (χ1v) is 8.31. The summed E-state index contributed by atoms with van der Waals surface area (Å²) in [4.78, 5) is 16.6. The molecular formula is C19H15Cl2N3O. The van der Waals surface area contributed by atoms with E-state index >= 15 is 0 Å². The number of aromatic nitrogens is 1. The molecule has 0 fully saturated rings. The summed E-state index contributed by atoms with van der Waals surface area (Å²) in [6.07, 6.45) is 3.16. The van der Waals surface area contributed by atoms with Crippen LogP contribution in [-0.2, 0) is 0 Å². The van der Waals surface area contributed by atoms with Crippen LogP contribution >= 0.6 is 23.2 Å². The molecule has 1 aromatic heterocycles. The van der Waals surface area contributed by atoms with E-state index in [1.165, 1.54) is 6.20 Å². The Bertz CT molecular complexity index is 908. The van der Waals surface area contributed by atoms with Crippen LogP contribution in [0.25, 0.3) is 0 Å². The second-order valence-electron chi connectivity index (χ2n) is 5.57. The van der Waals surface area contributed by atoms with E-state index < -0.39 is 0 Å². The van der Waals surface area contributed by atoms with Crippen molar-refractivity contribution in [3.05, 3.63) is 82.1 Å². The molecule has 6 heteroatoms. The van der Waals surface area contributed by atoms with Crippen molar-refractivity contribution in [1.82, 2.24) is 4.98 Å². The molecule has 0 spiro atoms. The number of hydrogen-bond donors (Lipinski definition) is 2. The summed E-state index contributed by atoms with van der Waals surface area (Å²) in [6, 6.07) is 14.5. The summed E-state index contributed by atoms with van der Waals surface area (Å²) in [5.41, 5.74) is 3.75. The largest absolute Gasteiger partial charge is 0.354 e. The maximum absolute atomic E-state index is 12.4. The van der Waals surface area contributed by atoms with Gasteiger partial charge in [0.15, 0.2) is 0 Å². The maximum Gasteiger partial charge on any atom is 0.257 e. The second kappa shape index (κ2) is 7.55.